The number of hydrogen-bond acceptors (Lipinski definition) is 1. The Hall–Kier alpha value is -0.730. The summed E-state index contributed by atoms with van der Waals surface area (Å²) in [7, 11) is 0. The van der Waals surface area contributed by atoms with Crippen LogP contribution in [0.15, 0.2) is 36.4 Å². The predicted octanol–water partition coefficient (Wildman–Crippen LogP) is 5.04. The fourth-order valence-corrected chi connectivity index (χ4v) is 2.41. The van der Waals surface area contributed by atoms with Gasteiger partial charge in [0.05, 0.1) is 10.0 Å². The van der Waals surface area contributed by atoms with Gasteiger partial charge >= 0.3 is 0 Å². The molecule has 94 valence electrons. The zero-order valence-electron chi connectivity index (χ0n) is 9.62. The van der Waals surface area contributed by atoms with Gasteiger partial charge < -0.3 is 5.11 Å². The van der Waals surface area contributed by atoms with E-state index in [0.717, 1.165) is 11.1 Å². The molecule has 1 atom stereocenters. The lowest BCUT2D eigenvalue weighted by Crippen LogP contribution is -2.03. The highest BCUT2D eigenvalue weighted by molar-refractivity contribution is 6.42. The number of hydrogen-bond donors (Lipinski definition) is 1. The van der Waals surface area contributed by atoms with E-state index in [0.29, 0.717) is 20.6 Å². The van der Waals surface area contributed by atoms with Crippen LogP contribution in [0.25, 0.3) is 0 Å². The molecule has 0 spiro atoms. The predicted molar refractivity (Wildman–Crippen MR) is 76.7 cm³/mol. The summed E-state index contributed by atoms with van der Waals surface area (Å²) in [6.45, 7) is 1.86. The van der Waals surface area contributed by atoms with Crippen LogP contribution in [0.1, 0.15) is 22.8 Å². The largest absolute Gasteiger partial charge is 0.384 e. The Morgan fingerprint density at radius 1 is 0.889 bits per heavy atom. The number of aliphatic hydroxyl groups excluding tert-OH is 1. The number of halogens is 3. The van der Waals surface area contributed by atoms with Crippen molar-refractivity contribution in [1.29, 1.82) is 0 Å². The summed E-state index contributed by atoms with van der Waals surface area (Å²) in [6, 6.07) is 10.6. The summed E-state index contributed by atoms with van der Waals surface area (Å²) in [5.74, 6) is 0. The van der Waals surface area contributed by atoms with Crippen molar-refractivity contribution in [2.75, 3.05) is 0 Å². The number of aliphatic hydroxyl groups is 1. The minimum absolute atomic E-state index is 0.367. The van der Waals surface area contributed by atoms with Gasteiger partial charge in [-0.25, -0.2) is 0 Å². The maximum Gasteiger partial charge on any atom is 0.106 e. The molecule has 0 aliphatic heterocycles. The average Bonchev–Trinajstić information content (AvgIpc) is 2.35. The first kappa shape index (κ1) is 13.7. The molecule has 0 heterocycles. The van der Waals surface area contributed by atoms with Gasteiger partial charge in [-0.15, -0.1) is 0 Å². The van der Waals surface area contributed by atoms with Crippen LogP contribution in [0.3, 0.4) is 0 Å². The van der Waals surface area contributed by atoms with E-state index in [-0.39, 0.29) is 0 Å². The Balaban J connectivity index is 2.51. The van der Waals surface area contributed by atoms with Crippen molar-refractivity contribution in [3.63, 3.8) is 0 Å². The smallest absolute Gasteiger partial charge is 0.106 e. The van der Waals surface area contributed by atoms with E-state index in [1.54, 1.807) is 30.3 Å². The highest BCUT2D eigenvalue weighted by atomic mass is 35.5. The standard InChI is InChI=1S/C14H11Cl3O/c1-8-9(4-2-6-11(8)15)14(18)10-5-3-7-12(16)13(10)17/h2-7,14,18H,1H3. The first-order valence-corrected chi connectivity index (χ1v) is 6.52. The van der Waals surface area contributed by atoms with Gasteiger partial charge in [0.2, 0.25) is 0 Å². The van der Waals surface area contributed by atoms with E-state index < -0.39 is 6.10 Å². The lowest BCUT2D eigenvalue weighted by atomic mass is 9.97. The van der Waals surface area contributed by atoms with E-state index in [2.05, 4.69) is 0 Å². The number of benzene rings is 2. The normalized spacial score (nSPS) is 12.5. The van der Waals surface area contributed by atoms with E-state index in [1.807, 2.05) is 13.0 Å². The van der Waals surface area contributed by atoms with Crippen LogP contribution in [0.2, 0.25) is 15.1 Å². The van der Waals surface area contributed by atoms with Gasteiger partial charge in [0.15, 0.2) is 0 Å². The van der Waals surface area contributed by atoms with Crippen LogP contribution in [0, 0.1) is 6.92 Å². The quantitative estimate of drug-likeness (QED) is 0.824. The lowest BCUT2D eigenvalue weighted by molar-refractivity contribution is 0.219. The highest BCUT2D eigenvalue weighted by Crippen LogP contribution is 2.35. The molecule has 0 aliphatic carbocycles. The Kier molecular flexibility index (Phi) is 4.18. The minimum Gasteiger partial charge on any atom is -0.384 e. The van der Waals surface area contributed by atoms with Gasteiger partial charge in [-0.2, -0.15) is 0 Å². The first-order valence-electron chi connectivity index (χ1n) is 5.39. The lowest BCUT2D eigenvalue weighted by Gasteiger charge is -2.16. The van der Waals surface area contributed by atoms with Crippen LogP contribution < -0.4 is 0 Å². The van der Waals surface area contributed by atoms with Crippen molar-refractivity contribution in [2.45, 2.75) is 13.0 Å². The van der Waals surface area contributed by atoms with Crippen molar-refractivity contribution in [1.82, 2.24) is 0 Å². The van der Waals surface area contributed by atoms with E-state index >= 15 is 0 Å². The molecule has 1 unspecified atom stereocenters. The van der Waals surface area contributed by atoms with Crippen LogP contribution in [-0.4, -0.2) is 5.11 Å². The molecule has 4 heteroatoms. The summed E-state index contributed by atoms with van der Waals surface area (Å²) in [5.41, 5.74) is 2.14. The second-order valence-electron chi connectivity index (χ2n) is 4.00. The molecule has 0 saturated heterocycles. The molecule has 1 nitrogen and oxygen atoms in total. The summed E-state index contributed by atoms with van der Waals surface area (Å²) in [6.07, 6.45) is -0.838. The fraction of sp³-hybridized carbons (Fsp3) is 0.143. The molecule has 0 amide bonds. The Bertz CT molecular complexity index is 530. The maximum atomic E-state index is 10.4. The van der Waals surface area contributed by atoms with Crippen LogP contribution in [0.4, 0.5) is 0 Å². The molecule has 2 rings (SSSR count). The monoisotopic (exact) mass is 300 g/mol. The van der Waals surface area contributed by atoms with Crippen LogP contribution >= 0.6 is 34.8 Å². The molecular formula is C14H11Cl3O. The minimum atomic E-state index is -0.838. The molecule has 2 aromatic rings. The Labute approximate surface area is 121 Å². The summed E-state index contributed by atoms with van der Waals surface area (Å²) >= 11 is 18.1. The van der Waals surface area contributed by atoms with Gasteiger partial charge in [-0.1, -0.05) is 59.1 Å². The van der Waals surface area contributed by atoms with E-state index in [4.69, 9.17) is 34.8 Å². The third-order valence-corrected chi connectivity index (χ3v) is 4.12. The fourth-order valence-electron chi connectivity index (χ4n) is 1.82. The SMILES string of the molecule is Cc1c(Cl)cccc1C(O)c1cccc(Cl)c1Cl. The maximum absolute atomic E-state index is 10.4. The Morgan fingerprint density at radius 3 is 2.11 bits per heavy atom. The second-order valence-corrected chi connectivity index (χ2v) is 5.19. The van der Waals surface area contributed by atoms with Crippen molar-refractivity contribution in [3.05, 3.63) is 68.2 Å². The van der Waals surface area contributed by atoms with Crippen molar-refractivity contribution >= 4 is 34.8 Å². The Morgan fingerprint density at radius 2 is 1.44 bits per heavy atom. The number of rotatable bonds is 2. The molecule has 0 aromatic heterocycles. The third kappa shape index (κ3) is 2.50. The highest BCUT2D eigenvalue weighted by Gasteiger charge is 2.18. The molecule has 18 heavy (non-hydrogen) atoms. The second kappa shape index (κ2) is 5.50. The summed E-state index contributed by atoms with van der Waals surface area (Å²) in [4.78, 5) is 0. The van der Waals surface area contributed by atoms with Crippen molar-refractivity contribution < 1.29 is 5.11 Å². The summed E-state index contributed by atoms with van der Waals surface area (Å²) < 4.78 is 0. The summed E-state index contributed by atoms with van der Waals surface area (Å²) in [5, 5.41) is 11.8. The molecule has 0 fully saturated rings. The molecule has 0 aliphatic rings. The topological polar surface area (TPSA) is 20.2 Å². The average molecular weight is 302 g/mol. The van der Waals surface area contributed by atoms with Crippen LogP contribution in [-0.2, 0) is 0 Å². The van der Waals surface area contributed by atoms with Gasteiger partial charge in [-0.3, -0.25) is 0 Å². The van der Waals surface area contributed by atoms with Gasteiger partial charge in [0.25, 0.3) is 0 Å². The zero-order valence-corrected chi connectivity index (χ0v) is 11.9. The van der Waals surface area contributed by atoms with Crippen LogP contribution in [0.5, 0.6) is 0 Å². The molecule has 1 N–H and O–H groups in total. The molecule has 0 saturated carbocycles. The zero-order chi connectivity index (χ0) is 13.3. The molecule has 0 radical (unpaired) electrons. The van der Waals surface area contributed by atoms with E-state index in [1.165, 1.54) is 0 Å². The molecular weight excluding hydrogens is 291 g/mol. The van der Waals surface area contributed by atoms with Crippen molar-refractivity contribution in [3.8, 4) is 0 Å². The molecule has 2 aromatic carbocycles. The van der Waals surface area contributed by atoms with E-state index in [9.17, 15) is 5.11 Å². The third-order valence-electron chi connectivity index (χ3n) is 2.88. The first-order chi connectivity index (χ1) is 8.52. The van der Waals surface area contributed by atoms with Crippen molar-refractivity contribution in [2.24, 2.45) is 0 Å². The van der Waals surface area contributed by atoms with Gasteiger partial charge in [0.1, 0.15) is 6.10 Å². The van der Waals surface area contributed by atoms with Gasteiger partial charge in [-0.05, 0) is 30.2 Å². The molecule has 0 bridgehead atoms. The van der Waals surface area contributed by atoms with Gasteiger partial charge in [0, 0.05) is 10.6 Å².